The molecule has 1 saturated carbocycles. The van der Waals surface area contributed by atoms with Crippen molar-refractivity contribution in [3.8, 4) is 0 Å². The van der Waals surface area contributed by atoms with Gasteiger partial charge < -0.3 is 5.32 Å². The second-order valence-electron chi connectivity index (χ2n) is 4.99. The number of hydrogen-bond acceptors (Lipinski definition) is 4. The molecule has 5 nitrogen and oxygen atoms in total. The molecule has 0 aromatic carbocycles. The van der Waals surface area contributed by atoms with E-state index in [0.29, 0.717) is 11.6 Å². The first-order chi connectivity index (χ1) is 9.63. The lowest BCUT2D eigenvalue weighted by Crippen LogP contribution is -2.24. The molecular formula is C14H16N4OS. The Morgan fingerprint density at radius 3 is 3.05 bits per heavy atom. The van der Waals surface area contributed by atoms with E-state index in [4.69, 9.17) is 0 Å². The van der Waals surface area contributed by atoms with Gasteiger partial charge in [0.05, 0.1) is 11.3 Å². The quantitative estimate of drug-likeness (QED) is 0.878. The molecule has 0 atom stereocenters. The van der Waals surface area contributed by atoms with Crippen LogP contribution in [0.3, 0.4) is 0 Å². The van der Waals surface area contributed by atoms with Crippen LogP contribution < -0.4 is 5.32 Å². The first-order valence-corrected chi connectivity index (χ1v) is 7.44. The summed E-state index contributed by atoms with van der Waals surface area (Å²) >= 11 is 1.47. The molecule has 0 saturated heterocycles. The lowest BCUT2D eigenvalue weighted by molar-refractivity contribution is 0.0952. The van der Waals surface area contributed by atoms with E-state index in [1.807, 2.05) is 31.6 Å². The maximum atomic E-state index is 12.1. The van der Waals surface area contributed by atoms with Gasteiger partial charge in [-0.05, 0) is 31.2 Å². The van der Waals surface area contributed by atoms with Crippen LogP contribution in [0.4, 0.5) is 5.00 Å². The third kappa shape index (κ3) is 2.80. The van der Waals surface area contributed by atoms with Gasteiger partial charge in [-0.25, -0.2) is 4.99 Å². The maximum Gasteiger partial charge on any atom is 0.254 e. The average molecular weight is 288 g/mol. The van der Waals surface area contributed by atoms with Gasteiger partial charge in [-0.3, -0.25) is 9.48 Å². The van der Waals surface area contributed by atoms with Gasteiger partial charge in [0.2, 0.25) is 0 Å². The van der Waals surface area contributed by atoms with Crippen molar-refractivity contribution in [3.63, 3.8) is 0 Å². The SMILES string of the molecule is Cc1nn(C)cc1C=Nc1sccc1C(=O)NC1CC1. The molecule has 1 fully saturated rings. The van der Waals surface area contributed by atoms with Crippen LogP contribution in [0.1, 0.15) is 34.5 Å². The Hall–Kier alpha value is -1.95. The van der Waals surface area contributed by atoms with Crippen LogP contribution in [-0.4, -0.2) is 27.9 Å². The summed E-state index contributed by atoms with van der Waals surface area (Å²) in [5.74, 6) is -0.0243. The summed E-state index contributed by atoms with van der Waals surface area (Å²) in [6.45, 7) is 1.94. The standard InChI is InChI=1S/C14H16N4OS/c1-9-10(8-18(2)17-9)7-15-14-12(5-6-20-14)13(19)16-11-3-4-11/h5-8,11H,3-4H2,1-2H3,(H,16,19). The van der Waals surface area contributed by atoms with Gasteiger partial charge in [0, 0.05) is 31.1 Å². The molecule has 104 valence electrons. The third-order valence-electron chi connectivity index (χ3n) is 3.17. The van der Waals surface area contributed by atoms with Crippen LogP contribution in [0, 0.1) is 6.92 Å². The van der Waals surface area contributed by atoms with Gasteiger partial charge in [0.15, 0.2) is 0 Å². The van der Waals surface area contributed by atoms with Gasteiger partial charge in [0.1, 0.15) is 5.00 Å². The molecular weight excluding hydrogens is 272 g/mol. The van der Waals surface area contributed by atoms with Crippen molar-refractivity contribution in [1.82, 2.24) is 15.1 Å². The fraction of sp³-hybridized carbons (Fsp3) is 0.357. The number of carbonyl (C=O) groups is 1. The summed E-state index contributed by atoms with van der Waals surface area (Å²) < 4.78 is 1.76. The summed E-state index contributed by atoms with van der Waals surface area (Å²) in [7, 11) is 1.88. The van der Waals surface area contributed by atoms with Crippen LogP contribution in [0.25, 0.3) is 0 Å². The van der Waals surface area contributed by atoms with Crippen LogP contribution in [-0.2, 0) is 7.05 Å². The van der Waals surface area contributed by atoms with Gasteiger partial charge in [-0.2, -0.15) is 5.10 Å². The zero-order valence-corrected chi connectivity index (χ0v) is 12.3. The zero-order chi connectivity index (χ0) is 14.1. The molecule has 0 radical (unpaired) electrons. The van der Waals surface area contributed by atoms with Crippen molar-refractivity contribution in [2.75, 3.05) is 0 Å². The predicted octanol–water partition coefficient (Wildman–Crippen LogP) is 2.43. The van der Waals surface area contributed by atoms with Crippen LogP contribution >= 0.6 is 11.3 Å². The molecule has 1 aliphatic rings. The van der Waals surface area contributed by atoms with E-state index in [2.05, 4.69) is 15.4 Å². The summed E-state index contributed by atoms with van der Waals surface area (Å²) in [5, 5.41) is 9.89. The lowest BCUT2D eigenvalue weighted by Gasteiger charge is -2.01. The number of aryl methyl sites for hydroxylation is 2. The number of rotatable bonds is 4. The van der Waals surface area contributed by atoms with E-state index in [0.717, 1.165) is 29.1 Å². The molecule has 0 unspecified atom stereocenters. The first kappa shape index (κ1) is 13.1. The normalized spacial score (nSPS) is 14.9. The van der Waals surface area contributed by atoms with Crippen LogP contribution in [0.15, 0.2) is 22.6 Å². The Morgan fingerprint density at radius 2 is 2.40 bits per heavy atom. The highest BCUT2D eigenvalue weighted by Gasteiger charge is 2.25. The Kier molecular flexibility index (Phi) is 3.40. The van der Waals surface area contributed by atoms with E-state index >= 15 is 0 Å². The summed E-state index contributed by atoms with van der Waals surface area (Å²) in [6, 6.07) is 2.19. The highest BCUT2D eigenvalue weighted by atomic mass is 32.1. The number of carbonyl (C=O) groups excluding carboxylic acids is 1. The van der Waals surface area contributed by atoms with E-state index in [1.165, 1.54) is 11.3 Å². The molecule has 0 aliphatic heterocycles. The van der Waals surface area contributed by atoms with Gasteiger partial charge in [0.25, 0.3) is 5.91 Å². The smallest absolute Gasteiger partial charge is 0.254 e. The van der Waals surface area contributed by atoms with Gasteiger partial charge in [-0.1, -0.05) is 0 Å². The van der Waals surface area contributed by atoms with E-state index in [9.17, 15) is 4.79 Å². The van der Waals surface area contributed by atoms with Crippen molar-refractivity contribution in [1.29, 1.82) is 0 Å². The van der Waals surface area contributed by atoms with Crippen molar-refractivity contribution in [3.05, 3.63) is 34.5 Å². The summed E-state index contributed by atoms with van der Waals surface area (Å²) in [4.78, 5) is 16.5. The Morgan fingerprint density at radius 1 is 1.60 bits per heavy atom. The molecule has 0 bridgehead atoms. The van der Waals surface area contributed by atoms with Crippen LogP contribution in [0.5, 0.6) is 0 Å². The van der Waals surface area contributed by atoms with E-state index < -0.39 is 0 Å². The molecule has 2 aromatic heterocycles. The Bertz CT molecular complexity index is 667. The van der Waals surface area contributed by atoms with Gasteiger partial charge in [-0.15, -0.1) is 11.3 Å². The molecule has 2 aromatic rings. The van der Waals surface area contributed by atoms with Crippen molar-refractivity contribution < 1.29 is 4.79 Å². The number of amides is 1. The fourth-order valence-corrected chi connectivity index (χ4v) is 2.67. The Labute approximate surface area is 121 Å². The molecule has 1 amide bonds. The minimum Gasteiger partial charge on any atom is -0.349 e. The first-order valence-electron chi connectivity index (χ1n) is 6.56. The van der Waals surface area contributed by atoms with Crippen molar-refractivity contribution >= 4 is 28.5 Å². The topological polar surface area (TPSA) is 59.3 Å². The molecule has 3 rings (SSSR count). The number of aliphatic imine (C=N–C) groups is 1. The molecule has 20 heavy (non-hydrogen) atoms. The molecule has 0 spiro atoms. The minimum absolute atomic E-state index is 0.0243. The van der Waals surface area contributed by atoms with Gasteiger partial charge >= 0.3 is 0 Å². The summed E-state index contributed by atoms with van der Waals surface area (Å²) in [5.41, 5.74) is 2.55. The summed E-state index contributed by atoms with van der Waals surface area (Å²) in [6.07, 6.45) is 5.85. The van der Waals surface area contributed by atoms with Crippen molar-refractivity contribution in [2.24, 2.45) is 12.0 Å². The molecule has 6 heteroatoms. The molecule has 1 aliphatic carbocycles. The average Bonchev–Trinajstić information content (AvgIpc) is 2.98. The second-order valence-corrected chi connectivity index (χ2v) is 5.88. The highest BCUT2D eigenvalue weighted by molar-refractivity contribution is 7.14. The molecule has 1 N–H and O–H groups in total. The number of nitrogens with one attached hydrogen (secondary N) is 1. The maximum absolute atomic E-state index is 12.1. The number of thiophene rings is 1. The number of nitrogens with zero attached hydrogens (tertiary/aromatic N) is 3. The fourth-order valence-electron chi connectivity index (χ4n) is 1.94. The van der Waals surface area contributed by atoms with Crippen LogP contribution in [0.2, 0.25) is 0 Å². The Balaban J connectivity index is 1.78. The monoisotopic (exact) mass is 288 g/mol. The lowest BCUT2D eigenvalue weighted by atomic mass is 10.3. The van der Waals surface area contributed by atoms with E-state index in [1.54, 1.807) is 10.9 Å². The largest absolute Gasteiger partial charge is 0.349 e. The number of hydrogen-bond donors (Lipinski definition) is 1. The molecule has 2 heterocycles. The number of aromatic nitrogens is 2. The highest BCUT2D eigenvalue weighted by Crippen LogP contribution is 2.28. The predicted molar refractivity (Wildman–Crippen MR) is 80.0 cm³/mol. The third-order valence-corrected chi connectivity index (χ3v) is 4.00. The zero-order valence-electron chi connectivity index (χ0n) is 11.5. The minimum atomic E-state index is -0.0243. The van der Waals surface area contributed by atoms with Crippen molar-refractivity contribution in [2.45, 2.75) is 25.8 Å². The second kappa shape index (κ2) is 5.20. The van der Waals surface area contributed by atoms with E-state index in [-0.39, 0.29) is 5.91 Å².